The van der Waals surface area contributed by atoms with Gasteiger partial charge in [-0.3, -0.25) is 0 Å². The molecule has 0 aliphatic heterocycles. The monoisotopic (exact) mass is 193 g/mol. The molecule has 1 aromatic rings. The van der Waals surface area contributed by atoms with Crippen LogP contribution in [0.5, 0.6) is 0 Å². The van der Waals surface area contributed by atoms with Crippen molar-refractivity contribution < 1.29 is 4.79 Å². The number of rotatable bonds is 2. The number of urea groups is 1. The number of carbonyl (C=O) groups is 1. The van der Waals surface area contributed by atoms with Crippen LogP contribution in [-0.4, -0.2) is 32.1 Å². The minimum absolute atomic E-state index is 0.127. The molecule has 0 bridgehead atoms. The van der Waals surface area contributed by atoms with Crippen molar-refractivity contribution in [2.45, 2.75) is 0 Å². The molecule has 0 unspecified atom stereocenters. The Balaban J connectivity index is 2.72. The van der Waals surface area contributed by atoms with Gasteiger partial charge in [-0.1, -0.05) is 6.07 Å². The molecule has 1 rings (SSSR count). The van der Waals surface area contributed by atoms with Crippen molar-refractivity contribution in [1.29, 1.82) is 0 Å². The Morgan fingerprint density at radius 3 is 2.50 bits per heavy atom. The summed E-state index contributed by atoms with van der Waals surface area (Å²) < 4.78 is 0. The van der Waals surface area contributed by atoms with Gasteiger partial charge in [0, 0.05) is 32.5 Å². The summed E-state index contributed by atoms with van der Waals surface area (Å²) in [5, 5.41) is 5.77. The van der Waals surface area contributed by atoms with Crippen LogP contribution in [0.4, 0.5) is 16.2 Å². The predicted molar refractivity (Wildman–Crippen MR) is 58.7 cm³/mol. The van der Waals surface area contributed by atoms with Gasteiger partial charge in [0.1, 0.15) is 0 Å². The molecule has 14 heavy (non-hydrogen) atoms. The third-order valence-electron chi connectivity index (χ3n) is 1.81. The second kappa shape index (κ2) is 4.50. The summed E-state index contributed by atoms with van der Waals surface area (Å²) in [6.45, 7) is 0. The quantitative estimate of drug-likeness (QED) is 0.752. The zero-order valence-corrected chi connectivity index (χ0v) is 8.66. The Morgan fingerprint density at radius 1 is 1.29 bits per heavy atom. The first kappa shape index (κ1) is 10.4. The Kier molecular flexibility index (Phi) is 3.34. The van der Waals surface area contributed by atoms with E-state index >= 15 is 0 Å². The molecule has 0 aliphatic rings. The van der Waals surface area contributed by atoms with Gasteiger partial charge in [-0.15, -0.1) is 0 Å². The largest absolute Gasteiger partial charge is 0.388 e. The van der Waals surface area contributed by atoms with E-state index in [0.29, 0.717) is 0 Å². The van der Waals surface area contributed by atoms with E-state index in [-0.39, 0.29) is 6.03 Å². The lowest BCUT2D eigenvalue weighted by molar-refractivity contribution is 0.230. The average molecular weight is 193 g/mol. The minimum atomic E-state index is -0.127. The molecule has 0 spiro atoms. The van der Waals surface area contributed by atoms with Crippen LogP contribution in [0.1, 0.15) is 0 Å². The number of nitrogens with zero attached hydrogens (tertiary/aromatic N) is 1. The fourth-order valence-corrected chi connectivity index (χ4v) is 0.988. The van der Waals surface area contributed by atoms with Crippen LogP contribution in [0.25, 0.3) is 0 Å². The van der Waals surface area contributed by atoms with Crippen molar-refractivity contribution >= 4 is 17.4 Å². The van der Waals surface area contributed by atoms with Gasteiger partial charge in [-0.2, -0.15) is 0 Å². The van der Waals surface area contributed by atoms with Gasteiger partial charge in [-0.25, -0.2) is 4.79 Å². The number of benzene rings is 1. The average Bonchev–Trinajstić information content (AvgIpc) is 2.18. The summed E-state index contributed by atoms with van der Waals surface area (Å²) in [6, 6.07) is 7.42. The van der Waals surface area contributed by atoms with Crippen LogP contribution >= 0.6 is 0 Å². The van der Waals surface area contributed by atoms with Crippen molar-refractivity contribution in [1.82, 2.24) is 4.90 Å². The number of carbonyl (C=O) groups excluding carboxylic acids is 1. The SMILES string of the molecule is CNc1cccc(NC(=O)N(C)C)c1. The highest BCUT2D eigenvalue weighted by molar-refractivity contribution is 5.89. The van der Waals surface area contributed by atoms with Crippen LogP contribution in [0, 0.1) is 0 Å². The summed E-state index contributed by atoms with van der Waals surface area (Å²) in [4.78, 5) is 12.8. The maximum atomic E-state index is 11.3. The molecule has 0 heterocycles. The smallest absolute Gasteiger partial charge is 0.321 e. The van der Waals surface area contributed by atoms with Gasteiger partial charge >= 0.3 is 6.03 Å². The van der Waals surface area contributed by atoms with Gasteiger partial charge in [0.2, 0.25) is 0 Å². The van der Waals surface area contributed by atoms with Crippen molar-refractivity contribution in [3.8, 4) is 0 Å². The highest BCUT2D eigenvalue weighted by atomic mass is 16.2. The molecular weight excluding hydrogens is 178 g/mol. The maximum Gasteiger partial charge on any atom is 0.321 e. The standard InChI is InChI=1S/C10H15N3O/c1-11-8-5-4-6-9(7-8)12-10(14)13(2)3/h4-7,11H,1-3H3,(H,12,14). The van der Waals surface area contributed by atoms with Crippen LogP contribution in [0.3, 0.4) is 0 Å². The summed E-state index contributed by atoms with van der Waals surface area (Å²) in [5.74, 6) is 0. The van der Waals surface area contributed by atoms with Gasteiger partial charge in [0.15, 0.2) is 0 Å². The lowest BCUT2D eigenvalue weighted by Gasteiger charge is -2.12. The number of hydrogen-bond donors (Lipinski definition) is 2. The summed E-state index contributed by atoms with van der Waals surface area (Å²) in [6.07, 6.45) is 0. The maximum absolute atomic E-state index is 11.3. The van der Waals surface area contributed by atoms with E-state index in [1.54, 1.807) is 14.1 Å². The van der Waals surface area contributed by atoms with Crippen LogP contribution in [0.15, 0.2) is 24.3 Å². The third kappa shape index (κ3) is 2.65. The molecule has 4 heteroatoms. The highest BCUT2D eigenvalue weighted by Gasteiger charge is 2.03. The first-order valence-corrected chi connectivity index (χ1v) is 4.39. The van der Waals surface area contributed by atoms with Crippen LogP contribution in [0.2, 0.25) is 0 Å². The van der Waals surface area contributed by atoms with Crippen molar-refractivity contribution in [3.63, 3.8) is 0 Å². The molecule has 0 radical (unpaired) electrons. The van der Waals surface area contributed by atoms with E-state index in [1.807, 2.05) is 31.3 Å². The molecular formula is C10H15N3O. The Morgan fingerprint density at radius 2 is 1.93 bits per heavy atom. The lowest BCUT2D eigenvalue weighted by atomic mass is 10.3. The van der Waals surface area contributed by atoms with E-state index < -0.39 is 0 Å². The molecule has 76 valence electrons. The summed E-state index contributed by atoms with van der Waals surface area (Å²) in [5.41, 5.74) is 1.76. The third-order valence-corrected chi connectivity index (χ3v) is 1.81. The van der Waals surface area contributed by atoms with Gasteiger partial charge < -0.3 is 15.5 Å². The molecule has 2 N–H and O–H groups in total. The number of amides is 2. The van der Waals surface area contributed by atoms with E-state index in [0.717, 1.165) is 11.4 Å². The van der Waals surface area contributed by atoms with E-state index in [2.05, 4.69) is 10.6 Å². The summed E-state index contributed by atoms with van der Waals surface area (Å²) >= 11 is 0. The Labute approximate surface area is 83.9 Å². The molecule has 0 aliphatic carbocycles. The first-order valence-electron chi connectivity index (χ1n) is 4.39. The van der Waals surface area contributed by atoms with Crippen molar-refractivity contribution in [2.75, 3.05) is 31.8 Å². The van der Waals surface area contributed by atoms with Gasteiger partial charge in [0.25, 0.3) is 0 Å². The van der Waals surface area contributed by atoms with E-state index in [4.69, 9.17) is 0 Å². The molecule has 0 saturated carbocycles. The highest BCUT2D eigenvalue weighted by Crippen LogP contribution is 2.14. The van der Waals surface area contributed by atoms with Crippen LogP contribution in [-0.2, 0) is 0 Å². The minimum Gasteiger partial charge on any atom is -0.388 e. The molecule has 0 atom stereocenters. The van der Waals surface area contributed by atoms with Crippen molar-refractivity contribution in [2.24, 2.45) is 0 Å². The molecule has 2 amide bonds. The second-order valence-electron chi connectivity index (χ2n) is 3.16. The van der Waals surface area contributed by atoms with Crippen LogP contribution < -0.4 is 10.6 Å². The topological polar surface area (TPSA) is 44.4 Å². The first-order chi connectivity index (χ1) is 6.63. The van der Waals surface area contributed by atoms with Crippen molar-refractivity contribution in [3.05, 3.63) is 24.3 Å². The number of hydrogen-bond acceptors (Lipinski definition) is 2. The zero-order chi connectivity index (χ0) is 10.6. The molecule has 1 aromatic carbocycles. The number of anilines is 2. The predicted octanol–water partition coefficient (Wildman–Crippen LogP) is 1.82. The van der Waals surface area contributed by atoms with E-state index in [1.165, 1.54) is 4.90 Å². The lowest BCUT2D eigenvalue weighted by Crippen LogP contribution is -2.27. The molecule has 0 saturated heterocycles. The Hall–Kier alpha value is -1.71. The number of nitrogens with one attached hydrogen (secondary N) is 2. The Bertz CT molecular complexity index is 323. The fraction of sp³-hybridized carbons (Fsp3) is 0.300. The normalized spacial score (nSPS) is 9.36. The molecule has 0 fully saturated rings. The van der Waals surface area contributed by atoms with Gasteiger partial charge in [0.05, 0.1) is 0 Å². The second-order valence-corrected chi connectivity index (χ2v) is 3.16. The molecule has 0 aromatic heterocycles. The van der Waals surface area contributed by atoms with E-state index in [9.17, 15) is 4.79 Å². The molecule has 4 nitrogen and oxygen atoms in total. The summed E-state index contributed by atoms with van der Waals surface area (Å²) in [7, 11) is 5.25. The van der Waals surface area contributed by atoms with Gasteiger partial charge in [-0.05, 0) is 18.2 Å². The zero-order valence-electron chi connectivity index (χ0n) is 8.66. The fourth-order valence-electron chi connectivity index (χ4n) is 0.988.